The van der Waals surface area contributed by atoms with Gasteiger partial charge >= 0.3 is 11.4 Å². The van der Waals surface area contributed by atoms with Crippen LogP contribution in [0, 0.1) is 6.92 Å². The molecule has 4 atom stereocenters. The van der Waals surface area contributed by atoms with Crippen molar-refractivity contribution >= 4 is 69.0 Å². The maximum Gasteiger partial charge on any atom is 0.347 e. The second kappa shape index (κ2) is 12.1. The summed E-state index contributed by atoms with van der Waals surface area (Å²) in [6, 6.07) is 7.00. The topological polar surface area (TPSA) is 157 Å². The van der Waals surface area contributed by atoms with Crippen LogP contribution in [0.5, 0.6) is 17.2 Å². The maximum absolute atomic E-state index is 14.2. The summed E-state index contributed by atoms with van der Waals surface area (Å²) in [4.78, 5) is 69.2. The Bertz CT molecular complexity index is 2480. The largest absolute Gasteiger partial charge is 0.507 e. The van der Waals surface area contributed by atoms with E-state index in [4.69, 9.17) is 55.9 Å². The van der Waals surface area contributed by atoms with E-state index < -0.39 is 66.7 Å². The van der Waals surface area contributed by atoms with Gasteiger partial charge in [0.2, 0.25) is 0 Å². The summed E-state index contributed by atoms with van der Waals surface area (Å²) in [6.07, 6.45) is 1.13. The van der Waals surface area contributed by atoms with Crippen LogP contribution in [-0.2, 0) is 36.1 Å². The number of hydrogen-bond acceptors (Lipinski definition) is 9. The van der Waals surface area contributed by atoms with Crippen LogP contribution in [0.1, 0.15) is 35.2 Å². The fourth-order valence-corrected chi connectivity index (χ4v) is 9.07. The molecule has 3 heterocycles. The number of halogens is 4. The lowest BCUT2D eigenvalue weighted by molar-refractivity contribution is -0.128. The number of benzene rings is 2. The average Bonchev–Trinajstić information content (AvgIpc) is 3.36. The van der Waals surface area contributed by atoms with Crippen molar-refractivity contribution in [2.24, 2.45) is 7.05 Å². The molecule has 0 amide bonds. The molecule has 1 N–H and O–H groups in total. The fraction of sp³-hybridized carbons (Fsp3) is 0.353. The molecule has 1 aliphatic heterocycles. The van der Waals surface area contributed by atoms with Crippen LogP contribution in [0.4, 0.5) is 0 Å². The zero-order valence-electron chi connectivity index (χ0n) is 27.5. The lowest BCUT2D eigenvalue weighted by Gasteiger charge is -2.54. The van der Waals surface area contributed by atoms with Crippen molar-refractivity contribution in [2.45, 2.75) is 54.6 Å². The first-order valence-corrected chi connectivity index (χ1v) is 17.2. The van der Waals surface area contributed by atoms with Gasteiger partial charge in [0.15, 0.2) is 23.1 Å². The molecule has 7 rings (SSSR count). The third kappa shape index (κ3) is 4.74. The highest BCUT2D eigenvalue weighted by molar-refractivity contribution is 6.66. The number of carbonyl (C=O) groups is 2. The molecule has 0 spiro atoms. The summed E-state index contributed by atoms with van der Waals surface area (Å²) >= 11 is 26.9. The summed E-state index contributed by atoms with van der Waals surface area (Å²) in [6.45, 7) is 1.30. The number of phenols is 1. The second-order valence-corrected chi connectivity index (χ2v) is 14.7. The Hall–Kier alpha value is -4.30. The Morgan fingerprint density at radius 1 is 0.980 bits per heavy atom. The van der Waals surface area contributed by atoms with Crippen LogP contribution in [0.15, 0.2) is 66.4 Å². The Kier molecular flexibility index (Phi) is 8.36. The maximum atomic E-state index is 14.2. The van der Waals surface area contributed by atoms with E-state index in [0.29, 0.717) is 33.7 Å². The second-order valence-electron chi connectivity index (χ2n) is 12.7. The highest BCUT2D eigenvalue weighted by atomic mass is 35.5. The number of alkyl halides is 2. The molecule has 2 aromatic heterocycles. The van der Waals surface area contributed by atoms with Gasteiger partial charge < -0.3 is 19.1 Å². The molecule has 0 radical (unpaired) electrons. The van der Waals surface area contributed by atoms with Crippen LogP contribution in [0.3, 0.4) is 0 Å². The van der Waals surface area contributed by atoms with Gasteiger partial charge in [0.1, 0.15) is 31.3 Å². The molecule has 17 heteroatoms. The number of phenolic OH excluding ortho intramolecular Hbond substituents is 1. The molecule has 1 fully saturated rings. The lowest BCUT2D eigenvalue weighted by atomic mass is 9.59. The Labute approximate surface area is 308 Å². The summed E-state index contributed by atoms with van der Waals surface area (Å²) in [5.74, 6) is -2.50. The molecule has 0 saturated heterocycles. The molecule has 2 aromatic carbocycles. The summed E-state index contributed by atoms with van der Waals surface area (Å²) in [5.41, 5.74) is 0.132. The normalized spacial score (nSPS) is 24.3. The number of aromatic nitrogens is 5. The highest BCUT2D eigenvalue weighted by Gasteiger charge is 2.71. The first-order chi connectivity index (χ1) is 24.1. The van der Waals surface area contributed by atoms with E-state index in [9.17, 15) is 29.1 Å². The van der Waals surface area contributed by atoms with E-state index in [1.807, 2.05) is 0 Å². The first-order valence-electron chi connectivity index (χ1n) is 15.7. The SMILES string of the molecule is COc1cc2nc(CCn3c(=O)n4n(c3=O)[C@@H]3C[C@@]5(Cl)C(=O)C(Cl)=C(Cl)C(=O)[C@@]5(Cl)[C@@H](c5cccc(C)c5O)C3=CC4)c(=O)n(C)c2cc1OC. The summed E-state index contributed by atoms with van der Waals surface area (Å²) in [5, 5.41) is 10.1. The number of fused-ring (bicyclic) bond motifs is 5. The van der Waals surface area contributed by atoms with Crippen molar-refractivity contribution in [3.8, 4) is 17.2 Å². The van der Waals surface area contributed by atoms with Crippen LogP contribution in [0.25, 0.3) is 11.0 Å². The van der Waals surface area contributed by atoms with Gasteiger partial charge in [-0.1, -0.05) is 47.5 Å². The number of rotatable bonds is 6. The molecule has 13 nitrogen and oxygen atoms in total. The van der Waals surface area contributed by atoms with Gasteiger partial charge in [0, 0.05) is 50.0 Å². The molecule has 2 aliphatic carbocycles. The molecule has 266 valence electrons. The zero-order chi connectivity index (χ0) is 36.9. The molecule has 4 aromatic rings. The van der Waals surface area contributed by atoms with Gasteiger partial charge in [0.25, 0.3) is 5.56 Å². The number of para-hydroxylation sites is 1. The van der Waals surface area contributed by atoms with Crippen molar-refractivity contribution in [1.82, 2.24) is 23.5 Å². The third-order valence-corrected chi connectivity index (χ3v) is 12.4. The van der Waals surface area contributed by atoms with Crippen molar-refractivity contribution in [1.29, 1.82) is 0 Å². The van der Waals surface area contributed by atoms with Gasteiger partial charge in [-0.3, -0.25) is 14.4 Å². The number of allylic oxidation sites excluding steroid dienone is 4. The number of hydrogen-bond donors (Lipinski definition) is 1. The van der Waals surface area contributed by atoms with Crippen molar-refractivity contribution in [2.75, 3.05) is 14.2 Å². The van der Waals surface area contributed by atoms with E-state index in [-0.39, 0.29) is 36.5 Å². The number of Topliss-reactive ketones (excluding diaryl/α,β-unsaturated/α-hetero) is 2. The van der Waals surface area contributed by atoms with Gasteiger partial charge in [-0.05, 0) is 18.1 Å². The van der Waals surface area contributed by atoms with Crippen LogP contribution < -0.4 is 26.4 Å². The standard InChI is InChI=1S/C34H29Cl4N5O8/c1-15-6-5-7-17(27(15)44)24-16-8-11-42-31(48)41(10-9-18-30(47)40(2)20-13-23(51-4)22(50-3)12-19(20)39-18)32(49)43(42)21(16)14-33(37)28(45)25(35)26(36)29(46)34(24,33)38/h5-8,12-13,21,24,44H,9-11,14H2,1-4H3/t21-,24-,33-,34+/m1/s1. The molecule has 3 aliphatic rings. The Balaban J connectivity index is 1.34. The lowest BCUT2D eigenvalue weighted by Crippen LogP contribution is -2.67. The van der Waals surface area contributed by atoms with Crippen LogP contribution in [-0.4, -0.2) is 64.1 Å². The number of ketones is 2. The van der Waals surface area contributed by atoms with E-state index in [1.165, 1.54) is 28.2 Å². The van der Waals surface area contributed by atoms with E-state index in [2.05, 4.69) is 4.98 Å². The first kappa shape index (κ1) is 35.1. The highest BCUT2D eigenvalue weighted by Crippen LogP contribution is 2.64. The van der Waals surface area contributed by atoms with Crippen molar-refractivity contribution in [3.63, 3.8) is 0 Å². The number of ether oxygens (including phenoxy) is 2. The van der Waals surface area contributed by atoms with Crippen molar-refractivity contribution in [3.05, 3.63) is 100 Å². The predicted molar refractivity (Wildman–Crippen MR) is 190 cm³/mol. The molecule has 1 saturated carbocycles. The zero-order valence-corrected chi connectivity index (χ0v) is 30.5. The number of carbonyl (C=O) groups excluding carboxylic acids is 2. The smallest absolute Gasteiger partial charge is 0.347 e. The number of aromatic hydroxyl groups is 1. The average molecular weight is 777 g/mol. The summed E-state index contributed by atoms with van der Waals surface area (Å²) < 4.78 is 15.5. The van der Waals surface area contributed by atoms with E-state index in [1.54, 1.807) is 50.4 Å². The quantitative estimate of drug-likeness (QED) is 0.227. The predicted octanol–water partition coefficient (Wildman–Crippen LogP) is 3.80. The van der Waals surface area contributed by atoms with Gasteiger partial charge in [-0.15, -0.1) is 23.2 Å². The van der Waals surface area contributed by atoms with E-state index in [0.717, 1.165) is 4.57 Å². The number of methoxy groups -OCH3 is 2. The third-order valence-electron chi connectivity index (χ3n) is 10.2. The van der Waals surface area contributed by atoms with Crippen LogP contribution in [0.2, 0.25) is 0 Å². The molecular formula is C34H29Cl4N5O8. The van der Waals surface area contributed by atoms with Crippen molar-refractivity contribution < 1.29 is 24.2 Å². The summed E-state index contributed by atoms with van der Waals surface area (Å²) in [7, 11) is 4.52. The minimum Gasteiger partial charge on any atom is -0.507 e. The fourth-order valence-electron chi connectivity index (χ4n) is 7.56. The molecule has 51 heavy (non-hydrogen) atoms. The Morgan fingerprint density at radius 3 is 2.33 bits per heavy atom. The van der Waals surface area contributed by atoms with Gasteiger partial charge in [-0.2, -0.15) is 0 Å². The monoisotopic (exact) mass is 775 g/mol. The Morgan fingerprint density at radius 2 is 1.65 bits per heavy atom. The van der Waals surface area contributed by atoms with Gasteiger partial charge in [0.05, 0.1) is 37.8 Å². The van der Waals surface area contributed by atoms with E-state index >= 15 is 0 Å². The van der Waals surface area contributed by atoms with Crippen LogP contribution >= 0.6 is 46.4 Å². The molecule has 0 bridgehead atoms. The van der Waals surface area contributed by atoms with Gasteiger partial charge in [-0.25, -0.2) is 28.5 Å². The number of aryl methyl sites for hydroxylation is 3. The minimum atomic E-state index is -2.27. The molecule has 0 unspecified atom stereocenters. The minimum absolute atomic E-state index is 0.0863. The molecular weight excluding hydrogens is 748 g/mol. The number of nitrogens with zero attached hydrogens (tertiary/aromatic N) is 5.